The Balaban J connectivity index is 2.09. The first-order valence-electron chi connectivity index (χ1n) is 6.06. The highest BCUT2D eigenvalue weighted by atomic mass is 32.2. The second-order valence-corrected chi connectivity index (χ2v) is 5.93. The average molecular weight is 231 g/mol. The zero-order valence-electron chi connectivity index (χ0n) is 10.1. The first-order chi connectivity index (χ1) is 7.14. The maximum atomic E-state index is 9.96. The molecule has 1 aliphatic rings. The molecule has 2 nitrogen and oxygen atoms in total. The molecule has 1 fully saturated rings. The van der Waals surface area contributed by atoms with Gasteiger partial charge in [-0.15, -0.1) is 0 Å². The average Bonchev–Trinajstić information content (AvgIpc) is 2.19. The molecule has 0 amide bonds. The number of aliphatic hydroxyl groups is 1. The highest BCUT2D eigenvalue weighted by molar-refractivity contribution is 7.98. The largest absolute Gasteiger partial charge is 0.388 e. The van der Waals surface area contributed by atoms with Crippen LogP contribution in [-0.2, 0) is 0 Å². The summed E-state index contributed by atoms with van der Waals surface area (Å²) in [5.41, 5.74) is -0.548. The van der Waals surface area contributed by atoms with Crippen molar-refractivity contribution in [3.63, 3.8) is 0 Å². The SMILES string of the molecule is CSCC(C)(O)CNCC1CCCCC1. The quantitative estimate of drug-likeness (QED) is 0.735. The predicted molar refractivity (Wildman–Crippen MR) is 68.5 cm³/mol. The molecule has 0 spiro atoms. The van der Waals surface area contributed by atoms with Gasteiger partial charge < -0.3 is 10.4 Å². The molecule has 3 heteroatoms. The van der Waals surface area contributed by atoms with Crippen molar-refractivity contribution in [2.45, 2.75) is 44.6 Å². The Morgan fingerprint density at radius 3 is 2.60 bits per heavy atom. The molecule has 0 heterocycles. The molecule has 0 bridgehead atoms. The predicted octanol–water partition coefficient (Wildman–Crippen LogP) is 2.27. The van der Waals surface area contributed by atoms with Crippen LogP contribution in [0.25, 0.3) is 0 Å². The fourth-order valence-corrected chi connectivity index (χ4v) is 3.02. The van der Waals surface area contributed by atoms with E-state index in [0.717, 1.165) is 24.8 Å². The molecule has 0 saturated heterocycles. The Morgan fingerprint density at radius 1 is 1.33 bits per heavy atom. The second-order valence-electron chi connectivity index (χ2n) is 5.06. The molecule has 1 aliphatic carbocycles. The summed E-state index contributed by atoms with van der Waals surface area (Å²) >= 11 is 1.70. The zero-order chi connectivity index (χ0) is 11.1. The molecule has 1 rings (SSSR count). The molecular formula is C12H25NOS. The van der Waals surface area contributed by atoms with Gasteiger partial charge in [-0.3, -0.25) is 0 Å². The summed E-state index contributed by atoms with van der Waals surface area (Å²) in [5, 5.41) is 13.4. The van der Waals surface area contributed by atoms with E-state index in [-0.39, 0.29) is 0 Å². The van der Waals surface area contributed by atoms with E-state index in [1.807, 2.05) is 13.2 Å². The summed E-state index contributed by atoms with van der Waals surface area (Å²) in [6.07, 6.45) is 8.99. The Bertz CT molecular complexity index is 167. The summed E-state index contributed by atoms with van der Waals surface area (Å²) in [5.74, 6) is 1.66. The molecule has 0 aliphatic heterocycles. The number of hydrogen-bond acceptors (Lipinski definition) is 3. The van der Waals surface area contributed by atoms with Crippen LogP contribution in [0.4, 0.5) is 0 Å². The molecule has 90 valence electrons. The molecule has 0 aromatic heterocycles. The van der Waals surface area contributed by atoms with Gasteiger partial charge in [0.2, 0.25) is 0 Å². The van der Waals surface area contributed by atoms with Gasteiger partial charge in [0.15, 0.2) is 0 Å². The molecule has 1 saturated carbocycles. The van der Waals surface area contributed by atoms with Crippen LogP contribution in [0, 0.1) is 5.92 Å². The molecule has 0 aromatic carbocycles. The van der Waals surface area contributed by atoms with E-state index in [1.165, 1.54) is 32.1 Å². The lowest BCUT2D eigenvalue weighted by Crippen LogP contribution is -2.41. The fraction of sp³-hybridized carbons (Fsp3) is 1.00. The van der Waals surface area contributed by atoms with Crippen LogP contribution in [0.5, 0.6) is 0 Å². The normalized spacial score (nSPS) is 22.6. The van der Waals surface area contributed by atoms with Crippen LogP contribution in [0.2, 0.25) is 0 Å². The van der Waals surface area contributed by atoms with Crippen LogP contribution in [0.3, 0.4) is 0 Å². The Labute approximate surface area is 98.2 Å². The smallest absolute Gasteiger partial charge is 0.0833 e. The van der Waals surface area contributed by atoms with Gasteiger partial charge in [0, 0.05) is 12.3 Å². The van der Waals surface area contributed by atoms with Crippen LogP contribution < -0.4 is 5.32 Å². The minimum atomic E-state index is -0.548. The topological polar surface area (TPSA) is 32.3 Å². The van der Waals surface area contributed by atoms with Crippen molar-refractivity contribution >= 4 is 11.8 Å². The maximum absolute atomic E-state index is 9.96. The van der Waals surface area contributed by atoms with Crippen molar-refractivity contribution in [3.05, 3.63) is 0 Å². The molecular weight excluding hydrogens is 206 g/mol. The van der Waals surface area contributed by atoms with Gasteiger partial charge in [-0.05, 0) is 38.5 Å². The van der Waals surface area contributed by atoms with E-state index in [9.17, 15) is 5.11 Å². The van der Waals surface area contributed by atoms with Gasteiger partial charge in [-0.1, -0.05) is 19.3 Å². The monoisotopic (exact) mass is 231 g/mol. The Kier molecular flexibility index (Phi) is 6.02. The Morgan fingerprint density at radius 2 is 2.00 bits per heavy atom. The van der Waals surface area contributed by atoms with Crippen molar-refractivity contribution in [3.8, 4) is 0 Å². The summed E-state index contributed by atoms with van der Waals surface area (Å²) in [6, 6.07) is 0. The first-order valence-corrected chi connectivity index (χ1v) is 7.45. The van der Waals surface area contributed by atoms with Crippen LogP contribution in [0.15, 0.2) is 0 Å². The minimum Gasteiger partial charge on any atom is -0.388 e. The lowest BCUT2D eigenvalue weighted by molar-refractivity contribution is 0.0831. The molecule has 1 atom stereocenters. The van der Waals surface area contributed by atoms with E-state index in [1.54, 1.807) is 11.8 Å². The molecule has 1 unspecified atom stereocenters. The zero-order valence-corrected chi connectivity index (χ0v) is 10.9. The van der Waals surface area contributed by atoms with E-state index in [0.29, 0.717) is 0 Å². The fourth-order valence-electron chi connectivity index (χ4n) is 2.30. The van der Waals surface area contributed by atoms with E-state index in [2.05, 4.69) is 5.32 Å². The van der Waals surface area contributed by atoms with Crippen LogP contribution in [0.1, 0.15) is 39.0 Å². The second kappa shape index (κ2) is 6.77. The van der Waals surface area contributed by atoms with Gasteiger partial charge in [-0.2, -0.15) is 11.8 Å². The van der Waals surface area contributed by atoms with Gasteiger partial charge in [0.1, 0.15) is 0 Å². The summed E-state index contributed by atoms with van der Waals surface area (Å²) in [7, 11) is 0. The maximum Gasteiger partial charge on any atom is 0.0833 e. The van der Waals surface area contributed by atoms with Gasteiger partial charge in [-0.25, -0.2) is 0 Å². The number of thioether (sulfide) groups is 1. The number of hydrogen-bond donors (Lipinski definition) is 2. The third-order valence-electron chi connectivity index (χ3n) is 3.12. The lowest BCUT2D eigenvalue weighted by atomic mass is 9.89. The molecule has 15 heavy (non-hydrogen) atoms. The Hall–Kier alpha value is 0.270. The summed E-state index contributed by atoms with van der Waals surface area (Å²) < 4.78 is 0. The van der Waals surface area contributed by atoms with Crippen molar-refractivity contribution in [2.75, 3.05) is 25.1 Å². The van der Waals surface area contributed by atoms with Gasteiger partial charge in [0.25, 0.3) is 0 Å². The van der Waals surface area contributed by atoms with Crippen molar-refractivity contribution in [2.24, 2.45) is 5.92 Å². The molecule has 0 radical (unpaired) electrons. The van der Waals surface area contributed by atoms with E-state index < -0.39 is 5.60 Å². The molecule has 2 N–H and O–H groups in total. The van der Waals surface area contributed by atoms with Gasteiger partial charge in [0.05, 0.1) is 5.60 Å². The minimum absolute atomic E-state index is 0.548. The van der Waals surface area contributed by atoms with Crippen molar-refractivity contribution < 1.29 is 5.11 Å². The first kappa shape index (κ1) is 13.3. The van der Waals surface area contributed by atoms with E-state index in [4.69, 9.17) is 0 Å². The third-order valence-corrected chi connectivity index (χ3v) is 4.03. The highest BCUT2D eigenvalue weighted by Crippen LogP contribution is 2.22. The summed E-state index contributed by atoms with van der Waals surface area (Å²) in [4.78, 5) is 0. The lowest BCUT2D eigenvalue weighted by Gasteiger charge is -2.26. The van der Waals surface area contributed by atoms with Crippen molar-refractivity contribution in [1.29, 1.82) is 0 Å². The molecule has 0 aromatic rings. The van der Waals surface area contributed by atoms with Crippen molar-refractivity contribution in [1.82, 2.24) is 5.32 Å². The third kappa shape index (κ3) is 5.79. The number of nitrogens with one attached hydrogen (secondary N) is 1. The highest BCUT2D eigenvalue weighted by Gasteiger charge is 2.20. The van der Waals surface area contributed by atoms with Crippen LogP contribution in [-0.4, -0.2) is 35.8 Å². The van der Waals surface area contributed by atoms with Crippen LogP contribution >= 0.6 is 11.8 Å². The standard InChI is InChI=1S/C12H25NOS/c1-12(14,10-15-2)9-13-8-11-6-4-3-5-7-11/h11,13-14H,3-10H2,1-2H3. The summed E-state index contributed by atoms with van der Waals surface area (Å²) in [6.45, 7) is 3.73. The van der Waals surface area contributed by atoms with Gasteiger partial charge >= 0.3 is 0 Å². The number of rotatable bonds is 6. The van der Waals surface area contributed by atoms with E-state index >= 15 is 0 Å².